The van der Waals surface area contributed by atoms with E-state index in [2.05, 4.69) is 15.2 Å². The normalized spacial score (nSPS) is 15.8. The maximum absolute atomic E-state index is 13.4. The first-order chi connectivity index (χ1) is 15.5. The summed E-state index contributed by atoms with van der Waals surface area (Å²) in [4.78, 5) is 21.5. The highest BCUT2D eigenvalue weighted by Crippen LogP contribution is 2.38. The number of carbonyl (C=O) groups excluding carboxylic acids is 1. The summed E-state index contributed by atoms with van der Waals surface area (Å²) in [6.45, 7) is 3.49. The van der Waals surface area contributed by atoms with Crippen LogP contribution in [0.25, 0.3) is 5.82 Å². The first-order valence-corrected chi connectivity index (χ1v) is 10.0. The van der Waals surface area contributed by atoms with E-state index in [1.807, 2.05) is 0 Å². The number of hydrogen-bond donors (Lipinski definition) is 0. The third-order valence-corrected chi connectivity index (χ3v) is 5.69. The maximum atomic E-state index is 13.4. The van der Waals surface area contributed by atoms with E-state index in [0.717, 1.165) is 22.6 Å². The Morgan fingerprint density at radius 1 is 1.15 bits per heavy atom. The van der Waals surface area contributed by atoms with Crippen LogP contribution in [-0.4, -0.2) is 41.4 Å². The highest BCUT2D eigenvalue weighted by molar-refractivity contribution is 7.80. The van der Waals surface area contributed by atoms with Crippen molar-refractivity contribution < 1.29 is 18.0 Å². The largest absolute Gasteiger partial charge is 0.417 e. The fourth-order valence-corrected chi connectivity index (χ4v) is 3.96. The first-order valence-electron chi connectivity index (χ1n) is 9.63. The predicted octanol–water partition coefficient (Wildman–Crippen LogP) is 3.47. The van der Waals surface area contributed by atoms with Crippen molar-refractivity contribution in [2.24, 2.45) is 0 Å². The van der Waals surface area contributed by atoms with Crippen molar-refractivity contribution in [3.63, 3.8) is 0 Å². The molecule has 1 saturated heterocycles. The first kappa shape index (κ1) is 22.3. The minimum atomic E-state index is -4.75. The van der Waals surface area contributed by atoms with Gasteiger partial charge in [0.25, 0.3) is 5.91 Å². The van der Waals surface area contributed by atoms with Gasteiger partial charge in [0.1, 0.15) is 5.54 Å². The molecule has 0 bridgehead atoms. The number of thiocarbonyl (C=S) groups is 1. The maximum Gasteiger partial charge on any atom is 0.417 e. The van der Waals surface area contributed by atoms with Crippen molar-refractivity contribution in [3.05, 3.63) is 65.6 Å². The Morgan fingerprint density at radius 3 is 2.42 bits per heavy atom. The zero-order valence-corrected chi connectivity index (χ0v) is 18.2. The van der Waals surface area contributed by atoms with Crippen molar-refractivity contribution in [3.8, 4) is 11.9 Å². The average molecular weight is 471 g/mol. The molecule has 0 N–H and O–H groups in total. The summed E-state index contributed by atoms with van der Waals surface area (Å²) in [5.41, 5.74) is -2.10. The van der Waals surface area contributed by atoms with Crippen LogP contribution in [0.2, 0.25) is 0 Å². The average Bonchev–Trinajstić information content (AvgIpc) is 3.36. The second-order valence-corrected chi connectivity index (χ2v) is 8.12. The van der Waals surface area contributed by atoms with E-state index in [0.29, 0.717) is 5.82 Å². The van der Waals surface area contributed by atoms with Gasteiger partial charge in [-0.05, 0) is 55.9 Å². The Morgan fingerprint density at radius 2 is 1.85 bits per heavy atom. The van der Waals surface area contributed by atoms with Crippen molar-refractivity contribution in [1.29, 1.82) is 5.26 Å². The molecule has 4 rings (SSSR count). The molecule has 0 aliphatic carbocycles. The number of aromatic nitrogens is 4. The van der Waals surface area contributed by atoms with Crippen molar-refractivity contribution >= 4 is 28.9 Å². The van der Waals surface area contributed by atoms with Crippen LogP contribution in [0.4, 0.5) is 18.9 Å². The minimum absolute atomic E-state index is 0.0508. The Labute approximate surface area is 191 Å². The van der Waals surface area contributed by atoms with Crippen LogP contribution >= 0.6 is 12.2 Å². The molecule has 0 saturated carbocycles. The van der Waals surface area contributed by atoms with E-state index in [9.17, 15) is 18.0 Å². The summed E-state index contributed by atoms with van der Waals surface area (Å²) in [5.74, 6) is 0.0256. The zero-order valence-electron chi connectivity index (χ0n) is 17.4. The van der Waals surface area contributed by atoms with Gasteiger partial charge in [-0.25, -0.2) is 4.98 Å². The molecule has 2 aromatic heterocycles. The number of nitriles is 1. The standard InChI is InChI=1S/C21H16F3N7OS/c1-20(2)18(32)30(15-5-4-14(10-25)16(9-15)21(22,23)24)19(33)29(20)12-13-3-6-17(26-11-13)31-27-7-8-28-31/h3-9,11H,12H2,1-2H3. The van der Waals surface area contributed by atoms with Crippen LogP contribution in [0.5, 0.6) is 0 Å². The number of pyridine rings is 1. The summed E-state index contributed by atoms with van der Waals surface area (Å²) in [7, 11) is 0. The minimum Gasteiger partial charge on any atom is -0.330 e. The second kappa shape index (κ2) is 7.93. The van der Waals surface area contributed by atoms with E-state index < -0.39 is 28.7 Å². The lowest BCUT2D eigenvalue weighted by molar-refractivity contribution is -0.137. The Bertz CT molecular complexity index is 1260. The lowest BCUT2D eigenvalue weighted by Gasteiger charge is -2.29. The van der Waals surface area contributed by atoms with Gasteiger partial charge in [0.05, 0.1) is 35.3 Å². The van der Waals surface area contributed by atoms with E-state index in [-0.39, 0.29) is 17.3 Å². The number of alkyl halides is 3. The SMILES string of the molecule is CC1(C)C(=O)N(c2ccc(C#N)c(C(F)(F)F)c2)C(=S)N1Cc1ccc(-n2nccn2)nc1. The van der Waals surface area contributed by atoms with Crippen molar-refractivity contribution in [1.82, 2.24) is 24.9 Å². The highest BCUT2D eigenvalue weighted by Gasteiger charge is 2.49. The van der Waals surface area contributed by atoms with E-state index in [4.69, 9.17) is 17.5 Å². The molecule has 12 heteroatoms. The summed E-state index contributed by atoms with van der Waals surface area (Å²) in [5, 5.41) is 17.1. The van der Waals surface area contributed by atoms with Crippen LogP contribution in [0, 0.1) is 11.3 Å². The summed E-state index contributed by atoms with van der Waals surface area (Å²) < 4.78 is 40.3. The molecule has 1 aliphatic rings. The molecule has 3 aromatic rings. The van der Waals surface area contributed by atoms with Crippen LogP contribution in [-0.2, 0) is 17.5 Å². The van der Waals surface area contributed by atoms with Crippen molar-refractivity contribution in [2.45, 2.75) is 32.1 Å². The van der Waals surface area contributed by atoms with Gasteiger partial charge >= 0.3 is 6.18 Å². The third-order valence-electron chi connectivity index (χ3n) is 5.28. The monoisotopic (exact) mass is 471 g/mol. The van der Waals surface area contributed by atoms with Crippen LogP contribution in [0.1, 0.15) is 30.5 Å². The number of anilines is 1. The molecule has 0 spiro atoms. The van der Waals surface area contributed by atoms with E-state index in [1.165, 1.54) is 29.3 Å². The van der Waals surface area contributed by atoms with Gasteiger partial charge in [0.15, 0.2) is 10.9 Å². The molecule has 168 valence electrons. The summed E-state index contributed by atoms with van der Waals surface area (Å²) >= 11 is 5.50. The third kappa shape index (κ3) is 3.91. The van der Waals surface area contributed by atoms with Gasteiger partial charge < -0.3 is 4.90 Å². The molecule has 33 heavy (non-hydrogen) atoms. The molecular formula is C21H16F3N7OS. The second-order valence-electron chi connectivity index (χ2n) is 7.75. The number of hydrogen-bond acceptors (Lipinski definition) is 6. The number of amides is 1. The van der Waals surface area contributed by atoms with Gasteiger partial charge in [-0.1, -0.05) is 6.07 Å². The molecule has 0 unspecified atom stereocenters. The molecule has 8 nitrogen and oxygen atoms in total. The van der Waals surface area contributed by atoms with Gasteiger partial charge in [0.2, 0.25) is 0 Å². The van der Waals surface area contributed by atoms with Crippen LogP contribution in [0.15, 0.2) is 48.9 Å². The Kier molecular flexibility index (Phi) is 5.37. The number of halogens is 3. The van der Waals surface area contributed by atoms with Gasteiger partial charge in [0, 0.05) is 12.7 Å². The molecular weight excluding hydrogens is 455 g/mol. The predicted molar refractivity (Wildman–Crippen MR) is 115 cm³/mol. The molecule has 1 aromatic carbocycles. The molecule has 0 radical (unpaired) electrons. The smallest absolute Gasteiger partial charge is 0.330 e. The van der Waals surface area contributed by atoms with Gasteiger partial charge in [-0.2, -0.15) is 28.6 Å². The zero-order chi connectivity index (χ0) is 24.0. The molecule has 1 fully saturated rings. The lowest BCUT2D eigenvalue weighted by Crippen LogP contribution is -2.43. The van der Waals surface area contributed by atoms with Gasteiger partial charge in [-0.15, -0.1) is 4.80 Å². The molecule has 3 heterocycles. The summed E-state index contributed by atoms with van der Waals surface area (Å²) in [6.07, 6.45) is -0.117. The molecule has 1 amide bonds. The highest BCUT2D eigenvalue weighted by atomic mass is 32.1. The number of nitrogens with zero attached hydrogens (tertiary/aromatic N) is 7. The summed E-state index contributed by atoms with van der Waals surface area (Å²) in [6, 6.07) is 8.11. The molecule has 1 aliphatic heterocycles. The number of rotatable bonds is 4. The lowest BCUT2D eigenvalue weighted by atomic mass is 10.0. The fraction of sp³-hybridized carbons (Fsp3) is 0.238. The quantitative estimate of drug-likeness (QED) is 0.538. The van der Waals surface area contributed by atoms with Gasteiger partial charge in [-0.3, -0.25) is 9.69 Å². The van der Waals surface area contributed by atoms with Crippen molar-refractivity contribution in [2.75, 3.05) is 4.90 Å². The van der Waals surface area contributed by atoms with Crippen LogP contribution in [0.3, 0.4) is 0 Å². The van der Waals surface area contributed by atoms with Crippen LogP contribution < -0.4 is 4.90 Å². The fourth-order valence-electron chi connectivity index (χ4n) is 3.48. The number of benzene rings is 1. The Hall–Kier alpha value is -3.85. The topological polar surface area (TPSA) is 90.9 Å². The number of carbonyl (C=O) groups is 1. The van der Waals surface area contributed by atoms with E-state index >= 15 is 0 Å². The molecule has 0 atom stereocenters. The Balaban J connectivity index is 1.64. The van der Waals surface area contributed by atoms with E-state index in [1.54, 1.807) is 37.1 Å².